The minimum absolute atomic E-state index is 0.513. The number of benzene rings is 2. The zero-order chi connectivity index (χ0) is 15.4. The van der Waals surface area contributed by atoms with Crippen LogP contribution in [0.2, 0.25) is 0 Å². The van der Waals surface area contributed by atoms with E-state index in [1.165, 1.54) is 5.56 Å². The van der Waals surface area contributed by atoms with Crippen LogP contribution in [-0.2, 0) is 0 Å². The lowest BCUT2D eigenvalue weighted by molar-refractivity contribution is 0.184. The van der Waals surface area contributed by atoms with Crippen LogP contribution < -0.4 is 9.64 Å². The van der Waals surface area contributed by atoms with E-state index in [0.717, 1.165) is 22.6 Å². The molecule has 2 aromatic carbocycles. The molecule has 0 radical (unpaired) electrons. The standard InChI is InChI=1S/C18H23NO2/c1-13-8-9-14(2)17(10-13)18(20)12-19(3)15-6-5-7-16(11-15)21-4/h5-11,18,20H,12H2,1-4H3. The van der Waals surface area contributed by atoms with Gasteiger partial charge in [-0.2, -0.15) is 0 Å². The van der Waals surface area contributed by atoms with Crippen LogP contribution in [0.5, 0.6) is 5.75 Å². The molecule has 0 aliphatic rings. The highest BCUT2D eigenvalue weighted by molar-refractivity contribution is 5.50. The maximum absolute atomic E-state index is 10.5. The molecule has 2 rings (SSSR count). The molecular weight excluding hydrogens is 262 g/mol. The molecule has 1 N–H and O–H groups in total. The summed E-state index contributed by atoms with van der Waals surface area (Å²) in [6.45, 7) is 4.61. The molecule has 112 valence electrons. The Kier molecular flexibility index (Phi) is 4.86. The summed E-state index contributed by atoms with van der Waals surface area (Å²) in [6.07, 6.45) is -0.513. The minimum Gasteiger partial charge on any atom is -0.497 e. The van der Waals surface area contributed by atoms with Crippen molar-refractivity contribution in [1.82, 2.24) is 0 Å². The molecule has 0 saturated carbocycles. The fourth-order valence-electron chi connectivity index (χ4n) is 2.43. The van der Waals surface area contributed by atoms with Crippen LogP contribution in [0.15, 0.2) is 42.5 Å². The first-order valence-electron chi connectivity index (χ1n) is 7.11. The van der Waals surface area contributed by atoms with Gasteiger partial charge >= 0.3 is 0 Å². The van der Waals surface area contributed by atoms with Crippen molar-refractivity contribution in [3.63, 3.8) is 0 Å². The number of nitrogens with zero attached hydrogens (tertiary/aromatic N) is 1. The number of rotatable bonds is 5. The number of anilines is 1. The molecule has 0 heterocycles. The first kappa shape index (κ1) is 15.4. The molecule has 0 bridgehead atoms. The van der Waals surface area contributed by atoms with Crippen molar-refractivity contribution in [2.45, 2.75) is 20.0 Å². The SMILES string of the molecule is COc1cccc(N(C)CC(O)c2cc(C)ccc2C)c1. The highest BCUT2D eigenvalue weighted by atomic mass is 16.5. The van der Waals surface area contributed by atoms with Crippen LogP contribution in [-0.4, -0.2) is 25.8 Å². The Labute approximate surface area is 126 Å². The molecule has 21 heavy (non-hydrogen) atoms. The Balaban J connectivity index is 2.14. The normalized spacial score (nSPS) is 12.0. The monoisotopic (exact) mass is 285 g/mol. The van der Waals surface area contributed by atoms with Gasteiger partial charge in [0.2, 0.25) is 0 Å². The van der Waals surface area contributed by atoms with Crippen LogP contribution >= 0.6 is 0 Å². The Morgan fingerprint density at radius 2 is 1.90 bits per heavy atom. The van der Waals surface area contributed by atoms with Gasteiger partial charge in [0.1, 0.15) is 5.75 Å². The van der Waals surface area contributed by atoms with E-state index in [2.05, 4.69) is 18.2 Å². The molecule has 3 nitrogen and oxygen atoms in total. The molecule has 0 fully saturated rings. The van der Waals surface area contributed by atoms with Crippen molar-refractivity contribution in [3.05, 3.63) is 59.2 Å². The molecule has 1 unspecified atom stereocenters. The summed E-state index contributed by atoms with van der Waals surface area (Å²) in [7, 11) is 3.63. The predicted octanol–water partition coefficient (Wildman–Crippen LogP) is 3.48. The van der Waals surface area contributed by atoms with Crippen molar-refractivity contribution < 1.29 is 9.84 Å². The molecule has 1 atom stereocenters. The summed E-state index contributed by atoms with van der Waals surface area (Å²) < 4.78 is 5.24. The van der Waals surface area contributed by atoms with Gasteiger partial charge in [-0.25, -0.2) is 0 Å². The van der Waals surface area contributed by atoms with Crippen molar-refractivity contribution in [2.75, 3.05) is 25.6 Å². The number of hydrogen-bond acceptors (Lipinski definition) is 3. The molecule has 0 amide bonds. The topological polar surface area (TPSA) is 32.7 Å². The third-order valence-corrected chi connectivity index (χ3v) is 3.73. The number of aryl methyl sites for hydroxylation is 2. The second-order valence-electron chi connectivity index (χ2n) is 5.46. The van der Waals surface area contributed by atoms with Gasteiger partial charge in [-0.1, -0.05) is 29.8 Å². The van der Waals surface area contributed by atoms with Gasteiger partial charge < -0.3 is 14.7 Å². The molecule has 0 aromatic heterocycles. The highest BCUT2D eigenvalue weighted by Crippen LogP contribution is 2.24. The summed E-state index contributed by atoms with van der Waals surface area (Å²) in [5, 5.41) is 10.5. The highest BCUT2D eigenvalue weighted by Gasteiger charge is 2.14. The van der Waals surface area contributed by atoms with Gasteiger partial charge in [0, 0.05) is 25.3 Å². The molecule has 0 aliphatic carbocycles. The average molecular weight is 285 g/mol. The third kappa shape index (κ3) is 3.76. The van der Waals surface area contributed by atoms with E-state index in [0.29, 0.717) is 6.54 Å². The van der Waals surface area contributed by atoms with Crippen LogP contribution in [0.1, 0.15) is 22.8 Å². The van der Waals surface area contributed by atoms with Crippen molar-refractivity contribution in [1.29, 1.82) is 0 Å². The van der Waals surface area contributed by atoms with Gasteiger partial charge in [0.05, 0.1) is 13.2 Å². The fourth-order valence-corrected chi connectivity index (χ4v) is 2.43. The first-order valence-corrected chi connectivity index (χ1v) is 7.11. The Hall–Kier alpha value is -2.00. The number of aliphatic hydroxyl groups is 1. The summed E-state index contributed by atoms with van der Waals surface area (Å²) in [6, 6.07) is 14.0. The van der Waals surface area contributed by atoms with Crippen molar-refractivity contribution in [3.8, 4) is 5.75 Å². The van der Waals surface area contributed by atoms with Gasteiger partial charge in [-0.3, -0.25) is 0 Å². The van der Waals surface area contributed by atoms with Crippen LogP contribution in [0, 0.1) is 13.8 Å². The summed E-state index contributed by atoms with van der Waals surface area (Å²) in [5.41, 5.74) is 4.30. The number of aliphatic hydroxyl groups excluding tert-OH is 1. The van der Waals surface area contributed by atoms with E-state index in [9.17, 15) is 5.11 Å². The molecule has 0 saturated heterocycles. The molecule has 2 aromatic rings. The first-order chi connectivity index (χ1) is 10.0. The van der Waals surface area contributed by atoms with E-state index in [4.69, 9.17) is 4.74 Å². The second kappa shape index (κ2) is 6.64. The lowest BCUT2D eigenvalue weighted by Gasteiger charge is -2.24. The molecule has 0 aliphatic heterocycles. The van der Waals surface area contributed by atoms with Crippen LogP contribution in [0.25, 0.3) is 0 Å². The zero-order valence-electron chi connectivity index (χ0n) is 13.1. The van der Waals surface area contributed by atoms with E-state index in [-0.39, 0.29) is 0 Å². The summed E-state index contributed by atoms with van der Waals surface area (Å²) in [5.74, 6) is 0.820. The predicted molar refractivity (Wildman–Crippen MR) is 87.1 cm³/mol. The maximum atomic E-state index is 10.5. The molecule has 3 heteroatoms. The smallest absolute Gasteiger partial charge is 0.120 e. The minimum atomic E-state index is -0.513. The number of likely N-dealkylation sites (N-methyl/N-ethyl adjacent to an activating group) is 1. The van der Waals surface area contributed by atoms with Crippen molar-refractivity contribution in [2.24, 2.45) is 0 Å². The second-order valence-corrected chi connectivity index (χ2v) is 5.46. The van der Waals surface area contributed by atoms with Gasteiger partial charge in [0.25, 0.3) is 0 Å². The third-order valence-electron chi connectivity index (χ3n) is 3.73. The lowest BCUT2D eigenvalue weighted by atomic mass is 10.0. The number of methoxy groups -OCH3 is 1. The number of hydrogen-bond donors (Lipinski definition) is 1. The van der Waals surface area contributed by atoms with Gasteiger partial charge in [-0.05, 0) is 37.1 Å². The van der Waals surface area contributed by atoms with Gasteiger partial charge in [0.15, 0.2) is 0 Å². The van der Waals surface area contributed by atoms with E-state index in [1.54, 1.807) is 7.11 Å². The van der Waals surface area contributed by atoms with E-state index >= 15 is 0 Å². The fraction of sp³-hybridized carbons (Fsp3) is 0.333. The van der Waals surface area contributed by atoms with Crippen molar-refractivity contribution >= 4 is 5.69 Å². The lowest BCUT2D eigenvalue weighted by Crippen LogP contribution is -2.24. The van der Waals surface area contributed by atoms with E-state index < -0.39 is 6.10 Å². The largest absolute Gasteiger partial charge is 0.497 e. The Morgan fingerprint density at radius 3 is 2.62 bits per heavy atom. The Morgan fingerprint density at radius 1 is 1.14 bits per heavy atom. The molecule has 0 spiro atoms. The number of ether oxygens (including phenoxy) is 1. The maximum Gasteiger partial charge on any atom is 0.120 e. The Bertz CT molecular complexity index is 610. The van der Waals surface area contributed by atoms with Gasteiger partial charge in [-0.15, -0.1) is 0 Å². The van der Waals surface area contributed by atoms with Crippen LogP contribution in [0.4, 0.5) is 5.69 Å². The zero-order valence-corrected chi connectivity index (χ0v) is 13.1. The van der Waals surface area contributed by atoms with Crippen LogP contribution in [0.3, 0.4) is 0 Å². The quantitative estimate of drug-likeness (QED) is 0.913. The molecular formula is C18H23NO2. The average Bonchev–Trinajstić information content (AvgIpc) is 2.49. The van der Waals surface area contributed by atoms with E-state index in [1.807, 2.05) is 50.1 Å². The summed E-state index contributed by atoms with van der Waals surface area (Å²) >= 11 is 0. The summed E-state index contributed by atoms with van der Waals surface area (Å²) in [4.78, 5) is 2.04.